The molecule has 4 aliphatic heterocycles. The van der Waals surface area contributed by atoms with E-state index in [-0.39, 0.29) is 58.2 Å². The number of carbonyl (C=O) groups is 2. The number of carbonyl (C=O) groups excluding carboxylic acids is 2. The van der Waals surface area contributed by atoms with Crippen LogP contribution < -0.4 is 14.1 Å². The molecule has 4 heterocycles. The fraction of sp³-hybridized carbons (Fsp3) is 0.591. The monoisotopic (exact) mass is 853 g/mol. The van der Waals surface area contributed by atoms with Crippen LogP contribution in [0.4, 0.5) is 10.5 Å². The Balaban J connectivity index is 1.43. The highest BCUT2D eigenvalue weighted by molar-refractivity contribution is 7.89. The van der Waals surface area contributed by atoms with Gasteiger partial charge in [0.2, 0.25) is 10.0 Å². The summed E-state index contributed by atoms with van der Waals surface area (Å²) in [4.78, 5) is 32.7. The maximum atomic E-state index is 14.9. The number of nitrogens with zero attached hydrogens (tertiary/aromatic N) is 3. The Morgan fingerprint density at radius 3 is 2.20 bits per heavy atom. The Morgan fingerprint density at radius 1 is 0.966 bits per heavy atom. The standard InChI is InChI=1S/C44H63N3O10SSi/c1-10-23-55-44(49)47-36-28-39(57-59(29(2)3,30(4)5)31(6)7)38(52-9)27-35(36)42(48)46-22-21-33(26-37(46)43(47)56-41-16-12-14-25-54-41)32-17-19-34(20-18-32)58(50,51)45(8)40-15-11-13-24-53-40/h10,17-21,27-31,37,40-41,43H,1,11-16,22-26H2,2-9H3/t37-,40?,41?,43?/m0/s1. The number of hydrogen-bond donors (Lipinski definition) is 0. The first-order valence-corrected chi connectivity index (χ1v) is 24.7. The van der Waals surface area contributed by atoms with Gasteiger partial charge in [-0.2, -0.15) is 4.31 Å². The molecule has 2 amide bonds. The van der Waals surface area contributed by atoms with Gasteiger partial charge in [0.1, 0.15) is 18.6 Å². The van der Waals surface area contributed by atoms with Crippen molar-refractivity contribution in [1.29, 1.82) is 0 Å². The van der Waals surface area contributed by atoms with E-state index in [1.54, 1.807) is 55.5 Å². The van der Waals surface area contributed by atoms with Crippen molar-refractivity contribution in [2.45, 2.75) is 133 Å². The van der Waals surface area contributed by atoms with Gasteiger partial charge in [-0.25, -0.2) is 18.1 Å². The molecule has 2 fully saturated rings. The lowest BCUT2D eigenvalue weighted by Gasteiger charge is -2.43. The molecule has 0 aliphatic carbocycles. The zero-order valence-corrected chi connectivity index (χ0v) is 37.8. The van der Waals surface area contributed by atoms with Gasteiger partial charge in [0, 0.05) is 32.9 Å². The maximum Gasteiger partial charge on any atom is 0.416 e. The maximum absolute atomic E-state index is 14.9. The predicted molar refractivity (Wildman–Crippen MR) is 230 cm³/mol. The topological polar surface area (TPSA) is 133 Å². The molecule has 0 radical (unpaired) electrons. The minimum absolute atomic E-state index is 0.0638. The van der Waals surface area contributed by atoms with Gasteiger partial charge in [0.15, 0.2) is 18.3 Å². The predicted octanol–water partition coefficient (Wildman–Crippen LogP) is 8.71. The normalized spacial score (nSPS) is 22.8. The number of fused-ring (bicyclic) bond motifs is 2. The van der Waals surface area contributed by atoms with E-state index < -0.39 is 49.2 Å². The van der Waals surface area contributed by atoms with Crippen LogP contribution in [0.3, 0.4) is 0 Å². The fourth-order valence-electron chi connectivity index (χ4n) is 9.35. The molecule has 0 bridgehead atoms. The molecule has 2 aromatic rings. The molecule has 2 aromatic carbocycles. The van der Waals surface area contributed by atoms with Crippen LogP contribution in [0.25, 0.3) is 5.57 Å². The van der Waals surface area contributed by atoms with Gasteiger partial charge < -0.3 is 33.0 Å². The van der Waals surface area contributed by atoms with Crippen LogP contribution in [0.15, 0.2) is 60.0 Å². The lowest BCUT2D eigenvalue weighted by Crippen LogP contribution is -2.57. The lowest BCUT2D eigenvalue weighted by atomic mass is 9.92. The fourth-order valence-corrected chi connectivity index (χ4v) is 15.9. The zero-order valence-electron chi connectivity index (χ0n) is 36.0. The van der Waals surface area contributed by atoms with Crippen LogP contribution >= 0.6 is 0 Å². The zero-order chi connectivity index (χ0) is 42.6. The number of benzene rings is 2. The Hall–Kier alpha value is -3.73. The van der Waals surface area contributed by atoms with Crippen molar-refractivity contribution in [3.8, 4) is 11.5 Å². The quantitative estimate of drug-likeness (QED) is 0.134. The molecule has 15 heteroatoms. The number of amides is 2. The second kappa shape index (κ2) is 18.9. The van der Waals surface area contributed by atoms with Crippen molar-refractivity contribution in [2.75, 3.05) is 45.4 Å². The van der Waals surface area contributed by atoms with E-state index >= 15 is 0 Å². The minimum atomic E-state index is -3.81. The molecule has 4 aliphatic rings. The van der Waals surface area contributed by atoms with E-state index in [2.05, 4.69) is 48.1 Å². The van der Waals surface area contributed by atoms with Gasteiger partial charge >= 0.3 is 6.09 Å². The minimum Gasteiger partial charge on any atom is -0.540 e. The van der Waals surface area contributed by atoms with Gasteiger partial charge in [0.05, 0.1) is 29.3 Å². The summed E-state index contributed by atoms with van der Waals surface area (Å²) in [6.45, 7) is 18.1. The number of anilines is 1. The van der Waals surface area contributed by atoms with Crippen molar-refractivity contribution < 1.29 is 46.1 Å². The smallest absolute Gasteiger partial charge is 0.416 e. The Labute approximate surface area is 351 Å². The van der Waals surface area contributed by atoms with Crippen LogP contribution in [0.1, 0.15) is 102 Å². The van der Waals surface area contributed by atoms with Gasteiger partial charge in [-0.1, -0.05) is 72.4 Å². The first-order chi connectivity index (χ1) is 28.1. The Kier molecular flexibility index (Phi) is 14.4. The molecule has 6 rings (SSSR count). The van der Waals surface area contributed by atoms with Gasteiger partial charge in [-0.3, -0.25) is 4.79 Å². The highest BCUT2D eigenvalue weighted by atomic mass is 32.2. The molecule has 324 valence electrons. The molecule has 13 nitrogen and oxygen atoms in total. The largest absolute Gasteiger partial charge is 0.540 e. The van der Waals surface area contributed by atoms with Gasteiger partial charge in [-0.15, -0.1) is 0 Å². The van der Waals surface area contributed by atoms with Crippen LogP contribution in [-0.2, 0) is 29.0 Å². The van der Waals surface area contributed by atoms with Crippen molar-refractivity contribution in [2.24, 2.45) is 0 Å². The van der Waals surface area contributed by atoms with E-state index in [0.29, 0.717) is 37.6 Å². The molecular weight excluding hydrogens is 791 g/mol. The summed E-state index contributed by atoms with van der Waals surface area (Å²) in [6, 6.07) is 9.52. The molecular formula is C44H63N3O10SSi. The van der Waals surface area contributed by atoms with Crippen LogP contribution in [0.5, 0.6) is 11.5 Å². The van der Waals surface area contributed by atoms with E-state index in [1.165, 1.54) is 15.3 Å². The summed E-state index contributed by atoms with van der Waals surface area (Å²) < 4.78 is 66.2. The highest BCUT2D eigenvalue weighted by Gasteiger charge is 2.50. The summed E-state index contributed by atoms with van der Waals surface area (Å²) in [7, 11) is -3.25. The first kappa shape index (κ1) is 44.8. The van der Waals surface area contributed by atoms with Gasteiger partial charge in [0.25, 0.3) is 14.2 Å². The average molecular weight is 854 g/mol. The van der Waals surface area contributed by atoms with Crippen molar-refractivity contribution in [3.63, 3.8) is 0 Å². The molecule has 0 saturated carbocycles. The summed E-state index contributed by atoms with van der Waals surface area (Å²) in [5.41, 5.74) is 2.90. The molecule has 4 atom stereocenters. The summed E-state index contributed by atoms with van der Waals surface area (Å²) in [5.74, 6) is 0.535. The second-order valence-electron chi connectivity index (χ2n) is 16.8. The average Bonchev–Trinajstić information content (AvgIpc) is 3.32. The van der Waals surface area contributed by atoms with E-state index in [1.807, 2.05) is 6.08 Å². The number of rotatable bonds is 14. The summed E-state index contributed by atoms with van der Waals surface area (Å²) in [6.07, 6.45) is 5.71. The Morgan fingerprint density at radius 2 is 1.63 bits per heavy atom. The third-order valence-electron chi connectivity index (χ3n) is 12.4. The number of methoxy groups -OCH3 is 1. The molecule has 0 aromatic heterocycles. The van der Waals surface area contributed by atoms with Crippen molar-refractivity contribution >= 4 is 41.6 Å². The van der Waals surface area contributed by atoms with Crippen molar-refractivity contribution in [1.82, 2.24) is 9.21 Å². The number of ether oxygens (including phenoxy) is 5. The lowest BCUT2D eigenvalue weighted by molar-refractivity contribution is -0.196. The summed E-state index contributed by atoms with van der Waals surface area (Å²) in [5, 5.41) is 0. The Bertz CT molecular complexity index is 1940. The highest BCUT2D eigenvalue weighted by Crippen LogP contribution is 2.48. The van der Waals surface area contributed by atoms with E-state index in [9.17, 15) is 18.0 Å². The van der Waals surface area contributed by atoms with E-state index in [0.717, 1.165) is 36.8 Å². The SMILES string of the molecule is C=CCOC(=O)N1c2cc(O[Si](C(C)C)(C(C)C)C(C)C)c(OC)cc2C(=O)N2CC=C(c3ccc(S(=O)(=O)N(C)C4CCCCO4)cc3)C[C@H]2C1OC1CCCCO1. The number of sulfonamides is 1. The molecule has 2 saturated heterocycles. The summed E-state index contributed by atoms with van der Waals surface area (Å²) >= 11 is 0. The molecule has 3 unspecified atom stereocenters. The van der Waals surface area contributed by atoms with Crippen LogP contribution in [0.2, 0.25) is 16.6 Å². The van der Waals surface area contributed by atoms with Gasteiger partial charge in [-0.05, 0) is 90.9 Å². The molecule has 0 spiro atoms. The molecule has 0 N–H and O–H groups in total. The van der Waals surface area contributed by atoms with Crippen LogP contribution in [0, 0.1) is 0 Å². The van der Waals surface area contributed by atoms with Crippen molar-refractivity contribution in [3.05, 3.63) is 66.3 Å². The third-order valence-corrected chi connectivity index (χ3v) is 20.2. The first-order valence-electron chi connectivity index (χ1n) is 21.1. The third kappa shape index (κ3) is 9.01. The number of hydrogen-bond acceptors (Lipinski definition) is 10. The molecule has 59 heavy (non-hydrogen) atoms. The second-order valence-corrected chi connectivity index (χ2v) is 24.2. The van der Waals surface area contributed by atoms with Crippen LogP contribution in [-0.4, -0.2) is 103 Å². The van der Waals surface area contributed by atoms with E-state index in [4.69, 9.17) is 28.1 Å².